The van der Waals surface area contributed by atoms with Gasteiger partial charge in [-0.2, -0.15) is 0 Å². The summed E-state index contributed by atoms with van der Waals surface area (Å²) in [6, 6.07) is 8.07. The number of aromatic nitrogens is 3. The van der Waals surface area contributed by atoms with Crippen LogP contribution in [0.5, 0.6) is 5.75 Å². The first-order valence-electron chi connectivity index (χ1n) is 15.4. The Morgan fingerprint density at radius 1 is 0.976 bits per heavy atom. The molecule has 3 saturated carbocycles. The Bertz CT molecular complexity index is 1340. The number of hydrogen-bond donors (Lipinski definition) is 1. The second-order valence-corrected chi connectivity index (χ2v) is 12.3. The lowest BCUT2D eigenvalue weighted by atomic mass is 9.79. The Kier molecular flexibility index (Phi) is 8.37. The average Bonchev–Trinajstić information content (AvgIpc) is 3.75. The molecule has 1 N–H and O–H groups in total. The van der Waals surface area contributed by atoms with Crippen molar-refractivity contribution < 1.29 is 19.1 Å². The van der Waals surface area contributed by atoms with Crippen LogP contribution in [0.4, 0.5) is 5.82 Å². The van der Waals surface area contributed by atoms with Crippen LogP contribution in [-0.4, -0.2) is 46.2 Å². The number of anilines is 1. The summed E-state index contributed by atoms with van der Waals surface area (Å²) < 4.78 is 11.1. The Morgan fingerprint density at radius 3 is 2.39 bits per heavy atom. The van der Waals surface area contributed by atoms with Crippen LogP contribution in [0.2, 0.25) is 0 Å². The van der Waals surface area contributed by atoms with Gasteiger partial charge in [0.25, 0.3) is 0 Å². The fourth-order valence-electron chi connectivity index (χ4n) is 6.68. The second-order valence-electron chi connectivity index (χ2n) is 12.3. The van der Waals surface area contributed by atoms with E-state index >= 15 is 0 Å². The van der Waals surface area contributed by atoms with Crippen LogP contribution < -0.4 is 9.64 Å². The first-order chi connectivity index (χ1) is 20.0. The quantitative estimate of drug-likeness (QED) is 0.323. The van der Waals surface area contributed by atoms with E-state index in [1.807, 2.05) is 30.0 Å². The minimum Gasteiger partial charge on any atom is -0.495 e. The van der Waals surface area contributed by atoms with Gasteiger partial charge < -0.3 is 14.3 Å². The van der Waals surface area contributed by atoms with Crippen molar-refractivity contribution in [2.45, 2.75) is 83.0 Å². The lowest BCUT2D eigenvalue weighted by Crippen LogP contribution is -2.42. The van der Waals surface area contributed by atoms with Crippen molar-refractivity contribution in [3.8, 4) is 17.0 Å². The van der Waals surface area contributed by atoms with E-state index < -0.39 is 0 Å². The number of aryl methyl sites for hydroxylation is 1. The number of carbonyl (C=O) groups is 1. The van der Waals surface area contributed by atoms with Crippen molar-refractivity contribution in [1.29, 1.82) is 0 Å². The van der Waals surface area contributed by atoms with Crippen molar-refractivity contribution in [1.82, 2.24) is 15.0 Å². The van der Waals surface area contributed by atoms with Crippen LogP contribution in [-0.2, 0) is 4.79 Å². The van der Waals surface area contributed by atoms with E-state index in [1.54, 1.807) is 19.6 Å². The van der Waals surface area contributed by atoms with Gasteiger partial charge in [-0.1, -0.05) is 0 Å². The number of methoxy groups -OCH3 is 1. The molecule has 1 amide bonds. The van der Waals surface area contributed by atoms with Crippen LogP contribution in [0.25, 0.3) is 11.3 Å². The average molecular weight is 559 g/mol. The largest absolute Gasteiger partial charge is 0.495 e. The zero-order valence-electron chi connectivity index (χ0n) is 24.3. The lowest BCUT2D eigenvalue weighted by Gasteiger charge is -2.35. The third-order valence-corrected chi connectivity index (χ3v) is 9.47. The van der Waals surface area contributed by atoms with Gasteiger partial charge in [-0.25, -0.2) is 9.97 Å². The van der Waals surface area contributed by atoms with Gasteiger partial charge in [0.1, 0.15) is 23.5 Å². The molecule has 0 radical (unpaired) electrons. The molecule has 0 bridgehead atoms. The molecule has 3 aliphatic carbocycles. The SMILES string of the molecule is COc1ccc([C@H]2CC[C@H](CN(c3cc(-c4coc(C5CC5)n4)ccn3)C(=O)[C@H]3CC[C@H](CO)CC3)CC2)nc1C. The summed E-state index contributed by atoms with van der Waals surface area (Å²) in [6.45, 7) is 2.88. The molecule has 0 saturated heterocycles. The summed E-state index contributed by atoms with van der Waals surface area (Å²) in [4.78, 5) is 30.3. The Balaban J connectivity index is 1.19. The van der Waals surface area contributed by atoms with Gasteiger partial charge in [-0.15, -0.1) is 0 Å². The minimum atomic E-state index is -0.0282. The van der Waals surface area contributed by atoms with Crippen LogP contribution in [0.1, 0.15) is 93.3 Å². The number of oxazole rings is 1. The molecule has 0 aliphatic heterocycles. The third kappa shape index (κ3) is 6.32. The predicted octanol–water partition coefficient (Wildman–Crippen LogP) is 6.43. The zero-order chi connectivity index (χ0) is 28.3. The van der Waals surface area contributed by atoms with Gasteiger partial charge in [0.15, 0.2) is 5.89 Å². The topological polar surface area (TPSA) is 102 Å². The first kappa shape index (κ1) is 27.9. The molecule has 8 heteroatoms. The van der Waals surface area contributed by atoms with Gasteiger partial charge in [0.05, 0.1) is 12.8 Å². The maximum Gasteiger partial charge on any atom is 0.231 e. The molecule has 41 heavy (non-hydrogen) atoms. The molecular weight excluding hydrogens is 516 g/mol. The van der Waals surface area contributed by atoms with E-state index in [1.165, 1.54) is 0 Å². The highest BCUT2D eigenvalue weighted by atomic mass is 16.5. The maximum atomic E-state index is 14.1. The van der Waals surface area contributed by atoms with E-state index in [4.69, 9.17) is 24.1 Å². The second kappa shape index (κ2) is 12.3. The van der Waals surface area contributed by atoms with E-state index in [0.717, 1.165) is 98.5 Å². The van der Waals surface area contributed by atoms with Gasteiger partial charge in [-0.05, 0) is 107 Å². The zero-order valence-corrected chi connectivity index (χ0v) is 24.3. The first-order valence-corrected chi connectivity index (χ1v) is 15.4. The number of rotatable bonds is 9. The van der Waals surface area contributed by atoms with E-state index in [2.05, 4.69) is 6.07 Å². The molecule has 8 nitrogen and oxygen atoms in total. The number of amides is 1. The summed E-state index contributed by atoms with van der Waals surface area (Å²) in [5, 5.41) is 9.61. The standard InChI is InChI=1S/C33H42N4O4/c1-21-30(40-2)14-13-28(35-21)24-7-3-22(4-8-24)18-37(33(39)26-9-5-23(19-38)6-10-26)31-17-27(15-16-34-31)29-20-41-32(36-29)25-11-12-25/h13-17,20,22-26,38H,3-12,18-19H2,1-2H3/t22-,23-,24-,26-. The minimum absolute atomic E-state index is 0.0282. The van der Waals surface area contributed by atoms with Crippen LogP contribution in [0, 0.1) is 24.7 Å². The number of pyridine rings is 2. The molecule has 3 fully saturated rings. The molecule has 0 unspecified atom stereocenters. The van der Waals surface area contributed by atoms with Crippen molar-refractivity contribution in [3.63, 3.8) is 0 Å². The van der Waals surface area contributed by atoms with Crippen molar-refractivity contribution in [2.24, 2.45) is 17.8 Å². The molecule has 0 atom stereocenters. The van der Waals surface area contributed by atoms with Gasteiger partial charge >= 0.3 is 0 Å². The van der Waals surface area contributed by atoms with Gasteiger partial charge in [0.2, 0.25) is 5.91 Å². The van der Waals surface area contributed by atoms with Crippen LogP contribution in [0.3, 0.4) is 0 Å². The van der Waals surface area contributed by atoms with Crippen LogP contribution >= 0.6 is 0 Å². The van der Waals surface area contributed by atoms with Gasteiger partial charge in [0, 0.05) is 48.4 Å². The van der Waals surface area contributed by atoms with Crippen molar-refractivity contribution >= 4 is 11.7 Å². The number of aliphatic hydroxyl groups is 1. The highest BCUT2D eigenvalue weighted by molar-refractivity contribution is 5.94. The number of ether oxygens (including phenoxy) is 1. The smallest absolute Gasteiger partial charge is 0.231 e. The number of aliphatic hydroxyl groups excluding tert-OH is 1. The fraction of sp³-hybridized carbons (Fsp3) is 0.576. The molecule has 0 spiro atoms. The normalized spacial score (nSPS) is 24.7. The van der Waals surface area contributed by atoms with E-state index in [-0.39, 0.29) is 18.4 Å². The molecule has 6 rings (SSSR count). The predicted molar refractivity (Wildman–Crippen MR) is 157 cm³/mol. The number of nitrogens with zero attached hydrogens (tertiary/aromatic N) is 4. The highest BCUT2D eigenvalue weighted by Crippen LogP contribution is 2.41. The molecule has 3 heterocycles. The van der Waals surface area contributed by atoms with Crippen LogP contribution in [0.15, 0.2) is 41.1 Å². The van der Waals surface area contributed by atoms with E-state index in [9.17, 15) is 9.90 Å². The summed E-state index contributed by atoms with van der Waals surface area (Å²) in [5.41, 5.74) is 3.80. The summed E-state index contributed by atoms with van der Waals surface area (Å²) >= 11 is 0. The Morgan fingerprint density at radius 2 is 1.71 bits per heavy atom. The maximum absolute atomic E-state index is 14.1. The lowest BCUT2D eigenvalue weighted by molar-refractivity contribution is -0.124. The summed E-state index contributed by atoms with van der Waals surface area (Å²) in [7, 11) is 1.68. The van der Waals surface area contributed by atoms with Gasteiger partial charge in [-0.3, -0.25) is 14.7 Å². The van der Waals surface area contributed by atoms with E-state index in [0.29, 0.717) is 36.0 Å². The van der Waals surface area contributed by atoms with Crippen molar-refractivity contribution in [2.75, 3.05) is 25.2 Å². The molecule has 0 aromatic carbocycles. The number of hydrogen-bond acceptors (Lipinski definition) is 7. The molecule has 3 aromatic rings. The third-order valence-electron chi connectivity index (χ3n) is 9.47. The van der Waals surface area contributed by atoms with Crippen molar-refractivity contribution in [3.05, 3.63) is 54.0 Å². The molecule has 218 valence electrons. The highest BCUT2D eigenvalue weighted by Gasteiger charge is 2.34. The molecule has 3 aliphatic rings. The fourth-order valence-corrected chi connectivity index (χ4v) is 6.68. The Labute approximate surface area is 242 Å². The summed E-state index contributed by atoms with van der Waals surface area (Å²) in [5.74, 6) is 4.07. The summed E-state index contributed by atoms with van der Waals surface area (Å²) in [6.07, 6.45) is 13.4. The molecular formula is C33H42N4O4. The number of carbonyl (C=O) groups excluding carboxylic acids is 1. The molecule has 3 aromatic heterocycles. The monoisotopic (exact) mass is 558 g/mol. The Hall–Kier alpha value is -3.26.